The van der Waals surface area contributed by atoms with Gasteiger partial charge in [-0.15, -0.1) is 11.3 Å². The highest BCUT2D eigenvalue weighted by Crippen LogP contribution is 2.36. The fourth-order valence-electron chi connectivity index (χ4n) is 4.46. The zero-order valence-corrected chi connectivity index (χ0v) is 23.2. The molecule has 1 aliphatic heterocycles. The summed E-state index contributed by atoms with van der Waals surface area (Å²) in [6.07, 6.45) is 2.43. The van der Waals surface area contributed by atoms with Gasteiger partial charge in [0.25, 0.3) is 21.7 Å². The molecule has 0 bridgehead atoms. The van der Waals surface area contributed by atoms with Gasteiger partial charge in [0.05, 0.1) is 15.5 Å². The second kappa shape index (κ2) is 10.3. The molecule has 1 aliphatic rings. The quantitative estimate of drug-likeness (QED) is 0.316. The first-order valence-corrected chi connectivity index (χ1v) is 16.1. The van der Waals surface area contributed by atoms with Crippen LogP contribution in [-0.4, -0.2) is 46.3 Å². The minimum atomic E-state index is -4.40. The van der Waals surface area contributed by atoms with Crippen LogP contribution in [0.4, 0.5) is 10.1 Å². The molecule has 0 saturated carbocycles. The van der Waals surface area contributed by atoms with Gasteiger partial charge in [-0.2, -0.15) is 4.72 Å². The van der Waals surface area contributed by atoms with Gasteiger partial charge in [-0.05, 0) is 48.4 Å². The van der Waals surface area contributed by atoms with Gasteiger partial charge in [0.1, 0.15) is 4.21 Å². The molecule has 1 fully saturated rings. The van der Waals surface area contributed by atoms with Crippen molar-refractivity contribution in [2.75, 3.05) is 17.7 Å². The van der Waals surface area contributed by atoms with Crippen LogP contribution in [0.3, 0.4) is 0 Å². The fraction of sp³-hybridized carbons (Fsp3) is 0.185. The number of amides is 1. The van der Waals surface area contributed by atoms with Gasteiger partial charge in [0.2, 0.25) is 0 Å². The number of aromatic nitrogens is 1. The van der Waals surface area contributed by atoms with Crippen LogP contribution >= 0.6 is 11.3 Å². The van der Waals surface area contributed by atoms with Crippen molar-refractivity contribution in [1.29, 1.82) is 0 Å². The number of benzene rings is 2. The van der Waals surface area contributed by atoms with Crippen LogP contribution in [0.5, 0.6) is 0 Å². The Balaban J connectivity index is 1.44. The van der Waals surface area contributed by atoms with E-state index in [1.54, 1.807) is 60.8 Å². The number of anilines is 1. The van der Waals surface area contributed by atoms with Crippen LogP contribution in [0.15, 0.2) is 94.2 Å². The number of nitrogens with zero attached hydrogens (tertiary/aromatic N) is 2. The molecule has 5 rings (SSSR count). The molecule has 12 heteroatoms. The summed E-state index contributed by atoms with van der Waals surface area (Å²) in [6.45, 7) is 0.100. The molecule has 2 aromatic heterocycles. The molecular weight excluding hydrogens is 562 g/mol. The second-order valence-electron chi connectivity index (χ2n) is 9.12. The third kappa shape index (κ3) is 5.50. The van der Waals surface area contributed by atoms with Crippen molar-refractivity contribution in [3.05, 3.63) is 85.1 Å². The Morgan fingerprint density at radius 2 is 1.72 bits per heavy atom. The Morgan fingerprint density at radius 3 is 2.41 bits per heavy atom. The van der Waals surface area contributed by atoms with Crippen LogP contribution < -0.4 is 9.62 Å². The topological polar surface area (TPSA) is 114 Å². The number of thiophene rings is 1. The number of carbonyl (C=O) groups excluding carboxylic acids is 1. The summed E-state index contributed by atoms with van der Waals surface area (Å²) in [5.74, 6) is -4.01. The third-order valence-corrected chi connectivity index (χ3v) is 10.5. The van der Waals surface area contributed by atoms with E-state index in [4.69, 9.17) is 0 Å². The van der Waals surface area contributed by atoms with Crippen LogP contribution in [0.25, 0.3) is 21.7 Å². The number of halogens is 1. The number of alkyl halides is 1. The van der Waals surface area contributed by atoms with E-state index < -0.39 is 31.6 Å². The van der Waals surface area contributed by atoms with Gasteiger partial charge in [0.15, 0.2) is 9.84 Å². The Kier molecular flexibility index (Phi) is 7.14. The summed E-state index contributed by atoms with van der Waals surface area (Å²) < 4.78 is 69.4. The summed E-state index contributed by atoms with van der Waals surface area (Å²) in [5.41, 5.74) is 1.84. The molecule has 8 nitrogen and oxygen atoms in total. The Hall–Kier alpha value is -3.45. The summed E-state index contributed by atoms with van der Waals surface area (Å²) >= 11 is 0.912. The summed E-state index contributed by atoms with van der Waals surface area (Å²) in [7, 11) is -8.12. The largest absolute Gasteiger partial charge is 0.308 e. The summed E-state index contributed by atoms with van der Waals surface area (Å²) in [4.78, 5) is 19.2. The Morgan fingerprint density at radius 1 is 0.974 bits per heavy atom. The number of carbonyl (C=O) groups is 1. The molecule has 0 aliphatic carbocycles. The van der Waals surface area contributed by atoms with Crippen LogP contribution in [0.1, 0.15) is 12.8 Å². The van der Waals surface area contributed by atoms with Gasteiger partial charge >= 0.3 is 0 Å². The highest BCUT2D eigenvalue weighted by atomic mass is 32.2. The van der Waals surface area contributed by atoms with Gasteiger partial charge in [-0.1, -0.05) is 42.5 Å². The van der Waals surface area contributed by atoms with E-state index in [1.165, 1.54) is 18.2 Å². The predicted octanol–water partition coefficient (Wildman–Crippen LogP) is 4.65. The number of rotatable bonds is 7. The lowest BCUT2D eigenvalue weighted by atomic mass is 10.0. The Labute approximate surface area is 230 Å². The van der Waals surface area contributed by atoms with E-state index >= 15 is 4.39 Å². The van der Waals surface area contributed by atoms with E-state index in [9.17, 15) is 21.6 Å². The average molecular weight is 586 g/mol. The number of pyridine rings is 1. The fourth-order valence-corrected chi connectivity index (χ4v) is 7.89. The molecule has 202 valence electrons. The lowest BCUT2D eigenvalue weighted by Crippen LogP contribution is -2.60. The zero-order valence-electron chi connectivity index (χ0n) is 20.7. The van der Waals surface area contributed by atoms with Gasteiger partial charge in [-0.3, -0.25) is 9.78 Å². The smallest absolute Gasteiger partial charge is 0.280 e. The van der Waals surface area contributed by atoms with Crippen LogP contribution in [-0.2, 0) is 24.7 Å². The lowest BCUT2D eigenvalue weighted by molar-refractivity contribution is -0.133. The molecule has 3 heterocycles. The van der Waals surface area contributed by atoms with E-state index in [0.717, 1.165) is 22.5 Å². The molecule has 39 heavy (non-hydrogen) atoms. The van der Waals surface area contributed by atoms with Crippen molar-refractivity contribution in [3.63, 3.8) is 0 Å². The second-order valence-corrected chi connectivity index (χ2v) is 14.1. The monoisotopic (exact) mass is 585 g/mol. The van der Waals surface area contributed by atoms with Gasteiger partial charge in [-0.25, -0.2) is 21.2 Å². The van der Waals surface area contributed by atoms with Crippen molar-refractivity contribution >= 4 is 42.8 Å². The predicted molar refractivity (Wildman–Crippen MR) is 148 cm³/mol. The summed E-state index contributed by atoms with van der Waals surface area (Å²) in [6, 6.07) is 21.5. The number of piperidine rings is 1. The van der Waals surface area contributed by atoms with Crippen molar-refractivity contribution in [2.24, 2.45) is 0 Å². The molecular formula is C27H24FN3O5S3. The minimum Gasteiger partial charge on any atom is -0.308 e. The van der Waals surface area contributed by atoms with Crippen LogP contribution in [0.2, 0.25) is 0 Å². The molecule has 1 atom stereocenters. The van der Waals surface area contributed by atoms with E-state index in [0.29, 0.717) is 21.7 Å². The maximum Gasteiger partial charge on any atom is 0.280 e. The minimum absolute atomic E-state index is 0.0183. The number of sulfone groups is 1. The first kappa shape index (κ1) is 27.1. The number of nitrogens with one attached hydrogen (secondary N) is 1. The maximum absolute atomic E-state index is 16.1. The molecule has 0 spiro atoms. The van der Waals surface area contributed by atoms with Crippen molar-refractivity contribution < 1.29 is 26.0 Å². The first-order valence-electron chi connectivity index (χ1n) is 11.9. The molecule has 1 unspecified atom stereocenters. The molecule has 1 amide bonds. The number of hydrogen-bond acceptors (Lipinski definition) is 7. The van der Waals surface area contributed by atoms with E-state index in [1.807, 2.05) is 10.8 Å². The number of sulfonamides is 1. The molecule has 4 aromatic rings. The highest BCUT2D eigenvalue weighted by Gasteiger charge is 2.48. The van der Waals surface area contributed by atoms with Crippen LogP contribution in [0, 0.1) is 0 Å². The van der Waals surface area contributed by atoms with Gasteiger partial charge < -0.3 is 4.90 Å². The zero-order chi connectivity index (χ0) is 27.8. The SMILES string of the molecule is CS(=O)(=O)c1cc(N2CCCC(F)(NS(=O)(=O)c3ccc(-c4ccccn4)s3)C2=O)ccc1-c1ccccc1. The third-order valence-electron chi connectivity index (χ3n) is 6.31. The van der Waals surface area contributed by atoms with Gasteiger partial charge in [0, 0.05) is 36.7 Å². The molecule has 1 saturated heterocycles. The van der Waals surface area contributed by atoms with E-state index in [-0.39, 0.29) is 34.2 Å². The summed E-state index contributed by atoms with van der Waals surface area (Å²) in [5, 5.41) is 0. The Bertz CT molecular complexity index is 1740. The normalized spacial score (nSPS) is 18.3. The molecule has 1 N–H and O–H groups in total. The lowest BCUT2D eigenvalue weighted by Gasteiger charge is -2.36. The van der Waals surface area contributed by atoms with Crippen molar-refractivity contribution in [1.82, 2.24) is 9.71 Å². The highest BCUT2D eigenvalue weighted by molar-refractivity contribution is 7.91. The molecule has 0 radical (unpaired) electrons. The number of hydrogen-bond donors (Lipinski definition) is 1. The standard InChI is InChI=1S/C27H24FN3O5S3/c1-38(33,34)24-18-20(11-12-21(24)19-8-3-2-4-9-19)31-17-7-15-27(28,26(31)32)30-39(35,36)25-14-13-23(37-25)22-10-5-6-16-29-22/h2-6,8-14,16,18,30H,7,15,17H2,1H3. The van der Waals surface area contributed by atoms with Crippen molar-refractivity contribution in [3.8, 4) is 21.7 Å². The van der Waals surface area contributed by atoms with Crippen molar-refractivity contribution in [2.45, 2.75) is 27.7 Å². The molecule has 2 aromatic carbocycles. The average Bonchev–Trinajstić information content (AvgIpc) is 3.42. The first-order chi connectivity index (χ1) is 18.5. The van der Waals surface area contributed by atoms with E-state index in [2.05, 4.69) is 4.98 Å². The maximum atomic E-state index is 16.1.